The molecule has 194 valence electrons. The summed E-state index contributed by atoms with van der Waals surface area (Å²) in [4.78, 5) is 15.8. The van der Waals surface area contributed by atoms with Gasteiger partial charge in [0.2, 0.25) is 0 Å². The van der Waals surface area contributed by atoms with Crippen molar-refractivity contribution in [3.05, 3.63) is 0 Å². The Balaban J connectivity index is 1.21. The van der Waals surface area contributed by atoms with Crippen molar-refractivity contribution in [2.24, 2.45) is 40.9 Å². The van der Waals surface area contributed by atoms with Crippen LogP contribution in [-0.2, 0) is 14.5 Å². The molecule has 9 atom stereocenters. The lowest BCUT2D eigenvalue weighted by Gasteiger charge is -2.57. The number of Topliss-reactive ketones (excluding diaryl/α,β-unsaturated/α-hetero) is 1. The van der Waals surface area contributed by atoms with Crippen LogP contribution in [0.25, 0.3) is 0 Å². The molecule has 0 aromatic heterocycles. The van der Waals surface area contributed by atoms with Crippen molar-refractivity contribution in [3.63, 3.8) is 0 Å². The molecule has 1 aliphatic heterocycles. The third-order valence-corrected chi connectivity index (χ3v) is 12.5. The summed E-state index contributed by atoms with van der Waals surface area (Å²) < 4.78 is 27.6. The predicted octanol–water partition coefficient (Wildman–Crippen LogP) is 3.40. The maximum Gasteiger partial charge on any atom is 0.150 e. The van der Waals surface area contributed by atoms with Crippen LogP contribution >= 0.6 is 0 Å². The summed E-state index contributed by atoms with van der Waals surface area (Å²) in [5.74, 6) is 7.55. The molecule has 0 spiro atoms. The van der Waals surface area contributed by atoms with Gasteiger partial charge >= 0.3 is 0 Å². The van der Waals surface area contributed by atoms with Gasteiger partial charge in [0.15, 0.2) is 0 Å². The summed E-state index contributed by atoms with van der Waals surface area (Å²) in [6.45, 7) is 5.36. The highest BCUT2D eigenvalue weighted by Crippen LogP contribution is 2.64. The van der Waals surface area contributed by atoms with E-state index in [-0.39, 0.29) is 11.3 Å². The number of rotatable bonds is 5. The van der Waals surface area contributed by atoms with E-state index < -0.39 is 22.0 Å². The number of carbonyl (C=O) groups excluding carboxylic acids is 1. The van der Waals surface area contributed by atoms with Crippen LogP contribution in [0.15, 0.2) is 0 Å². The highest BCUT2D eigenvalue weighted by atomic mass is 32.2. The minimum absolute atomic E-state index is 0.117. The molecule has 0 aromatic rings. The molecule has 5 nitrogen and oxygen atoms in total. The number of nitrogens with zero attached hydrogens (tertiary/aromatic N) is 2. The highest BCUT2D eigenvalue weighted by Gasteiger charge is 2.59. The molecular formula is C27H45FN2O3S. The Morgan fingerprint density at radius 2 is 1.74 bits per heavy atom. The molecule has 4 aliphatic carbocycles. The molecule has 1 unspecified atom stereocenters. The Labute approximate surface area is 206 Å². The predicted molar refractivity (Wildman–Crippen MR) is 136 cm³/mol. The summed E-state index contributed by atoms with van der Waals surface area (Å²) >= 11 is 0. The smallest absolute Gasteiger partial charge is 0.150 e. The summed E-state index contributed by atoms with van der Waals surface area (Å²) in [7, 11) is -2.16. The van der Waals surface area contributed by atoms with Gasteiger partial charge in [-0.2, -0.15) is 0 Å². The normalized spacial score (nSPS) is 47.3. The van der Waals surface area contributed by atoms with E-state index in [1.165, 1.54) is 19.3 Å². The second kappa shape index (κ2) is 9.11. The number of fused-ring (bicyclic) bond motifs is 5. The number of halogens is 1. The number of alkyl halides is 1. The molecule has 5 fully saturated rings. The molecule has 1 heterocycles. The Kier molecular flexibility index (Phi) is 6.74. The number of hydrogen-bond acceptors (Lipinski definition) is 4. The average molecular weight is 497 g/mol. The van der Waals surface area contributed by atoms with Gasteiger partial charge in [-0.15, -0.1) is 0 Å². The minimum Gasteiger partial charge on any atom is -0.387 e. The molecule has 0 radical (unpaired) electrons. The topological polar surface area (TPSA) is 60.9 Å². The third-order valence-electron chi connectivity index (χ3n) is 11.0. The van der Waals surface area contributed by atoms with Gasteiger partial charge < -0.3 is 5.11 Å². The van der Waals surface area contributed by atoms with E-state index in [1.54, 1.807) is 6.26 Å². The highest BCUT2D eigenvalue weighted by molar-refractivity contribution is 7.97. The SMILES string of the molecule is C=S(C)(=O)N1CCN(CC(=O)[C@H]2CC[C@H]3[C@@H]4CC[C@H]5C[C@@](O)(CF)CC[C@@H]5[C@H]4CC[C@]23C)CC1. The first-order chi connectivity index (χ1) is 16.0. The first-order valence-electron chi connectivity index (χ1n) is 13.6. The lowest BCUT2D eigenvalue weighted by atomic mass is 9.49. The van der Waals surface area contributed by atoms with Crippen molar-refractivity contribution < 1.29 is 18.5 Å². The molecule has 5 rings (SSSR count). The molecule has 1 N–H and O–H groups in total. The number of piperazine rings is 1. The average Bonchev–Trinajstić information content (AvgIpc) is 3.16. The summed E-state index contributed by atoms with van der Waals surface area (Å²) in [6.07, 6.45) is 10.8. The minimum atomic E-state index is -2.16. The van der Waals surface area contributed by atoms with E-state index in [0.717, 1.165) is 51.9 Å². The Hall–Kier alpha value is -0.500. The molecule has 0 aromatic carbocycles. The van der Waals surface area contributed by atoms with Gasteiger partial charge in [-0.3, -0.25) is 13.9 Å². The standard InChI is InChI=1S/C27H45FN2O3S/c1-26-10-8-21-20-9-11-27(32,18-28)16-19(20)4-5-22(21)23(26)6-7-24(26)25(31)17-29-12-14-30(15-13-29)34(2,3)33/h19-24,32H,2,4-18H2,1,3H3/t19-,20-,21+,22+,23-,24+,26-,27+,34?/m0/s1. The summed E-state index contributed by atoms with van der Waals surface area (Å²) in [5, 5.41) is 10.6. The molecule has 5 aliphatic rings. The van der Waals surface area contributed by atoms with Crippen LogP contribution in [0.1, 0.15) is 64.7 Å². The van der Waals surface area contributed by atoms with E-state index in [4.69, 9.17) is 0 Å². The number of aliphatic hydroxyl groups is 1. The van der Waals surface area contributed by atoms with Crippen LogP contribution in [0.4, 0.5) is 4.39 Å². The fraction of sp³-hybridized carbons (Fsp3) is 0.926. The Morgan fingerprint density at radius 3 is 2.41 bits per heavy atom. The van der Waals surface area contributed by atoms with E-state index in [1.807, 2.05) is 4.31 Å². The molecule has 1 saturated heterocycles. The zero-order valence-corrected chi connectivity index (χ0v) is 22.0. The fourth-order valence-electron chi connectivity index (χ4n) is 9.22. The van der Waals surface area contributed by atoms with Crippen LogP contribution in [-0.4, -0.2) is 81.4 Å². The maximum absolute atomic E-state index is 13.6. The molecule has 0 bridgehead atoms. The zero-order valence-electron chi connectivity index (χ0n) is 21.2. The first kappa shape index (κ1) is 25.2. The summed E-state index contributed by atoms with van der Waals surface area (Å²) in [6, 6.07) is 0. The lowest BCUT2D eigenvalue weighted by molar-refractivity contribution is -0.134. The molecule has 0 amide bonds. The van der Waals surface area contributed by atoms with E-state index >= 15 is 0 Å². The van der Waals surface area contributed by atoms with Gasteiger partial charge in [0.1, 0.15) is 12.5 Å². The van der Waals surface area contributed by atoms with E-state index in [9.17, 15) is 18.5 Å². The maximum atomic E-state index is 13.6. The number of carbonyl (C=O) groups is 1. The van der Waals surface area contributed by atoms with E-state index in [0.29, 0.717) is 54.8 Å². The van der Waals surface area contributed by atoms with Crippen molar-refractivity contribution in [2.75, 3.05) is 45.7 Å². The van der Waals surface area contributed by atoms with Crippen LogP contribution in [0.2, 0.25) is 0 Å². The van der Waals surface area contributed by atoms with Crippen LogP contribution in [0, 0.1) is 40.9 Å². The fourth-order valence-corrected chi connectivity index (χ4v) is 10.2. The second-order valence-electron chi connectivity index (χ2n) is 12.8. The van der Waals surface area contributed by atoms with Crippen molar-refractivity contribution in [1.29, 1.82) is 0 Å². The van der Waals surface area contributed by atoms with Gasteiger partial charge in [-0.25, -0.2) is 8.70 Å². The van der Waals surface area contributed by atoms with Crippen molar-refractivity contribution in [1.82, 2.24) is 9.21 Å². The van der Waals surface area contributed by atoms with Gasteiger partial charge in [0.25, 0.3) is 0 Å². The quantitative estimate of drug-likeness (QED) is 0.593. The first-order valence-corrected chi connectivity index (χ1v) is 15.7. The summed E-state index contributed by atoms with van der Waals surface area (Å²) in [5.41, 5.74) is -0.957. The van der Waals surface area contributed by atoms with Crippen LogP contribution in [0.3, 0.4) is 0 Å². The molecule has 34 heavy (non-hydrogen) atoms. The number of ketones is 1. The lowest BCUT2D eigenvalue weighted by Crippen LogP contribution is -2.53. The van der Waals surface area contributed by atoms with Gasteiger partial charge in [0, 0.05) is 48.1 Å². The van der Waals surface area contributed by atoms with Crippen LogP contribution < -0.4 is 0 Å². The second-order valence-corrected chi connectivity index (χ2v) is 15.3. The van der Waals surface area contributed by atoms with Gasteiger partial charge in [0.05, 0.1) is 12.1 Å². The molecule has 4 saturated carbocycles. The largest absolute Gasteiger partial charge is 0.387 e. The van der Waals surface area contributed by atoms with Gasteiger partial charge in [-0.1, -0.05) is 6.92 Å². The molecular weight excluding hydrogens is 451 g/mol. The zero-order chi connectivity index (χ0) is 24.3. The van der Waals surface area contributed by atoms with Crippen molar-refractivity contribution in [2.45, 2.75) is 70.3 Å². The van der Waals surface area contributed by atoms with Gasteiger partial charge in [-0.05, 0) is 98.7 Å². The van der Waals surface area contributed by atoms with E-state index in [2.05, 4.69) is 17.7 Å². The van der Waals surface area contributed by atoms with Crippen molar-refractivity contribution in [3.8, 4) is 0 Å². The molecule has 7 heteroatoms. The monoisotopic (exact) mass is 496 g/mol. The van der Waals surface area contributed by atoms with Crippen molar-refractivity contribution >= 4 is 21.4 Å². The Morgan fingerprint density at radius 1 is 1.03 bits per heavy atom. The Bertz CT molecular complexity index is 888. The third kappa shape index (κ3) is 4.41. The number of hydrogen-bond donors (Lipinski definition) is 1. The van der Waals surface area contributed by atoms with Crippen LogP contribution in [0.5, 0.6) is 0 Å².